The molecular weight excluding hydrogens is 888 g/mol. The van der Waals surface area contributed by atoms with Crippen LogP contribution in [-0.4, -0.2) is 114 Å². The maximum absolute atomic E-state index is 13.8. The molecule has 1 aromatic carbocycles. The Labute approximate surface area is 404 Å². The number of unbranched alkanes of at least 4 members (excludes halogenated alkanes) is 4. The highest BCUT2D eigenvalue weighted by Crippen LogP contribution is 2.66. The molecule has 0 saturated heterocycles. The number of aliphatic hydroxyl groups excluding tert-OH is 3. The van der Waals surface area contributed by atoms with Crippen LogP contribution in [0.4, 0.5) is 0 Å². The first-order valence-corrected chi connectivity index (χ1v) is 26.4. The van der Waals surface area contributed by atoms with E-state index in [9.17, 15) is 34.3 Å². The van der Waals surface area contributed by atoms with E-state index in [1.165, 1.54) is 5.57 Å². The predicted molar refractivity (Wildman–Crippen MR) is 259 cm³/mol. The number of ether oxygens (including phenoxy) is 2. The third-order valence-corrected chi connectivity index (χ3v) is 16.2. The molecule has 0 heterocycles. The number of carbonyl (C=O) groups excluding carboxylic acids is 3. The van der Waals surface area contributed by atoms with E-state index in [2.05, 4.69) is 41.6 Å². The number of esters is 1. The highest BCUT2D eigenvalue weighted by molar-refractivity contribution is 7.31. The molecule has 376 valence electrons. The monoisotopic (exact) mass is 967 g/mol. The Morgan fingerprint density at radius 3 is 2.53 bits per heavy atom. The van der Waals surface area contributed by atoms with Crippen LogP contribution in [0.5, 0.6) is 5.75 Å². The second kappa shape index (κ2) is 25.1. The van der Waals surface area contributed by atoms with Crippen molar-refractivity contribution >= 4 is 25.8 Å². The van der Waals surface area contributed by atoms with Gasteiger partial charge in [0.25, 0.3) is 0 Å². The summed E-state index contributed by atoms with van der Waals surface area (Å²) in [6.07, 6.45) is 24.3. The number of nitrogens with zero attached hydrogens (tertiary/aromatic N) is 2. The van der Waals surface area contributed by atoms with Crippen LogP contribution >= 0.6 is 8.25 Å². The first kappa shape index (κ1) is 53.9. The predicted octanol–water partition coefficient (Wildman–Crippen LogP) is 8.32. The minimum Gasteiger partial charge on any atom is -0.464 e. The lowest BCUT2D eigenvalue weighted by Crippen LogP contribution is -2.56. The van der Waals surface area contributed by atoms with Crippen molar-refractivity contribution in [3.05, 3.63) is 76.9 Å². The van der Waals surface area contributed by atoms with E-state index in [0.717, 1.165) is 107 Å². The Kier molecular flexibility index (Phi) is 19.9. The number of hydrogen-bond acceptors (Lipinski definition) is 12. The molecule has 3 saturated carbocycles. The molecule has 68 heavy (non-hydrogen) atoms. The number of allylic oxidation sites excluding steroid dienone is 8. The molecule has 0 bridgehead atoms. The molecule has 6 rings (SSSR count). The lowest BCUT2D eigenvalue weighted by atomic mass is 9.46. The third-order valence-electron chi connectivity index (χ3n) is 15.9. The van der Waals surface area contributed by atoms with Gasteiger partial charge in [-0.2, -0.15) is 0 Å². The molecule has 1 aromatic rings. The van der Waals surface area contributed by atoms with Crippen LogP contribution in [0.15, 0.2) is 65.8 Å². The number of Topliss-reactive ketones (excluding diaryl/α,β-unsaturated/α-hetero) is 1. The largest absolute Gasteiger partial charge is 0.726 e. The normalized spacial score (nSPS) is 27.2. The lowest BCUT2D eigenvalue weighted by Gasteiger charge is -2.58. The quantitative estimate of drug-likeness (QED) is 0.0120. The maximum atomic E-state index is 13.8. The Hall–Kier alpha value is -3.43. The van der Waals surface area contributed by atoms with Gasteiger partial charge in [-0.15, -0.1) is 9.78 Å². The summed E-state index contributed by atoms with van der Waals surface area (Å²) >= 11 is 0. The zero-order valence-electron chi connectivity index (χ0n) is 41.0. The van der Waals surface area contributed by atoms with Gasteiger partial charge < -0.3 is 34.2 Å². The summed E-state index contributed by atoms with van der Waals surface area (Å²) in [4.78, 5) is 55.3. The van der Waals surface area contributed by atoms with Crippen molar-refractivity contribution in [2.75, 3.05) is 60.3 Å². The molecule has 0 spiro atoms. The molecular formula is C53H79N2O12P+2. The van der Waals surface area contributed by atoms with E-state index in [1.54, 1.807) is 18.2 Å². The molecule has 4 unspecified atom stereocenters. The third kappa shape index (κ3) is 14.3. The van der Waals surface area contributed by atoms with Gasteiger partial charge >= 0.3 is 14.2 Å². The van der Waals surface area contributed by atoms with Crippen molar-refractivity contribution in [3.63, 3.8) is 0 Å². The van der Waals surface area contributed by atoms with Gasteiger partial charge in [-0.25, -0.2) is 0 Å². The van der Waals surface area contributed by atoms with E-state index in [0.29, 0.717) is 49.1 Å². The highest BCUT2D eigenvalue weighted by atomic mass is 31.1. The van der Waals surface area contributed by atoms with Crippen molar-refractivity contribution in [2.24, 2.45) is 34.5 Å². The first-order valence-electron chi connectivity index (χ1n) is 25.2. The summed E-state index contributed by atoms with van der Waals surface area (Å²) in [5.41, 5.74) is 3.24. The van der Waals surface area contributed by atoms with Crippen molar-refractivity contribution in [1.29, 1.82) is 0 Å². The van der Waals surface area contributed by atoms with E-state index >= 15 is 0 Å². The van der Waals surface area contributed by atoms with Crippen molar-refractivity contribution < 1.29 is 62.7 Å². The molecule has 0 aromatic heterocycles. The van der Waals surface area contributed by atoms with Crippen LogP contribution in [0.1, 0.15) is 134 Å². The van der Waals surface area contributed by atoms with Crippen molar-refractivity contribution in [2.45, 2.75) is 135 Å². The first-order chi connectivity index (χ1) is 32.5. The standard InChI is InChI=1S/C53H78N2O12P/c1-52-26-25-42(57)32-41(52)20-21-43-44-22-23-45(53(44,2)33-46(58)51(43)52)48(60)36-64-50(61)18-14-29-55(3,4)35-40-31-39(19-24-49(40)65-37-66-67-68(62)63)47(59)34-54(27-11-5-6-13-30-56)28-12-10-17-38-15-8-7-9-16-38/h8,15-16,19,24-26,31-32,43-47,51,56,58-59H,5-7,9-14,17-18,20-23,27-30,33-37H2,1-4H3/q+1/p+1/t43-,44?,45+,46-,47?,51?,52-,53-/m0/s1. The molecule has 9 atom stereocenters. The molecule has 15 heteroatoms. The van der Waals surface area contributed by atoms with Crippen LogP contribution in [0.2, 0.25) is 0 Å². The number of benzene rings is 1. The van der Waals surface area contributed by atoms with Gasteiger partial charge in [0.15, 0.2) is 11.6 Å². The van der Waals surface area contributed by atoms with Gasteiger partial charge in [0.2, 0.25) is 6.79 Å². The Morgan fingerprint density at radius 1 is 1.00 bits per heavy atom. The zero-order chi connectivity index (χ0) is 48.9. The summed E-state index contributed by atoms with van der Waals surface area (Å²) in [6, 6.07) is 5.50. The molecule has 5 aliphatic rings. The van der Waals surface area contributed by atoms with Crippen LogP contribution in [0.3, 0.4) is 0 Å². The van der Waals surface area contributed by atoms with Gasteiger partial charge in [-0.05, 0) is 137 Å². The smallest absolute Gasteiger partial charge is 0.464 e. The second-order valence-electron chi connectivity index (χ2n) is 21.2. The average molecular weight is 967 g/mol. The van der Waals surface area contributed by atoms with Gasteiger partial charge in [0.05, 0.1) is 43.9 Å². The minimum absolute atomic E-state index is 0.00497. The Balaban J connectivity index is 1.02. The fourth-order valence-corrected chi connectivity index (χ4v) is 12.7. The number of rotatable bonds is 28. The fourth-order valence-electron chi connectivity index (χ4n) is 12.6. The van der Waals surface area contributed by atoms with E-state index in [1.807, 2.05) is 32.3 Å². The maximum Gasteiger partial charge on any atom is 0.726 e. The highest BCUT2D eigenvalue weighted by Gasteiger charge is 2.62. The number of hydrogen-bond donors (Lipinski definition) is 4. The molecule has 0 radical (unpaired) electrons. The lowest BCUT2D eigenvalue weighted by molar-refractivity contribution is -0.903. The van der Waals surface area contributed by atoms with Crippen LogP contribution in [0, 0.1) is 34.5 Å². The summed E-state index contributed by atoms with van der Waals surface area (Å²) in [6.45, 7) is 6.96. The molecule has 14 nitrogen and oxygen atoms in total. The topological polar surface area (TPSA) is 189 Å². The van der Waals surface area contributed by atoms with E-state index < -0.39 is 38.6 Å². The molecule has 3 fully saturated rings. The Bertz CT molecular complexity index is 2030. The number of quaternary nitrogens is 1. The van der Waals surface area contributed by atoms with Gasteiger partial charge in [0.1, 0.15) is 18.9 Å². The molecule has 4 N–H and O–H groups in total. The summed E-state index contributed by atoms with van der Waals surface area (Å²) in [5, 5.41) is 32.7. The summed E-state index contributed by atoms with van der Waals surface area (Å²) in [5.74, 6) is 0.141. The summed E-state index contributed by atoms with van der Waals surface area (Å²) in [7, 11) is 1.09. The average Bonchev–Trinajstić information content (AvgIpc) is 3.65. The molecule has 0 aliphatic heterocycles. The van der Waals surface area contributed by atoms with Gasteiger partial charge in [0, 0.05) is 47.0 Å². The SMILES string of the molecule is C[C@]12C=CC(=O)C=C1CC[C@@H]1C2[C@@H](O)C[C@@]2(C)C1CC[C@@H]2C(=O)COC(=O)CCC[N+](C)(C)Cc1cc(C(O)CN(CCCCCCO)CCCCC2=CCCC=C2)ccc1OCOO[P+](=O)O. The van der Waals surface area contributed by atoms with Crippen molar-refractivity contribution in [3.8, 4) is 5.75 Å². The number of aliphatic hydroxyl groups is 3. The van der Waals surface area contributed by atoms with Crippen molar-refractivity contribution in [1.82, 2.24) is 4.90 Å². The molecule has 5 aliphatic carbocycles. The van der Waals surface area contributed by atoms with Crippen LogP contribution in [-0.2, 0) is 39.8 Å². The minimum atomic E-state index is -2.97. The molecule has 0 amide bonds. The zero-order valence-corrected chi connectivity index (χ0v) is 41.9. The number of fused-ring (bicyclic) bond motifs is 5. The Morgan fingerprint density at radius 2 is 1.78 bits per heavy atom. The fraction of sp³-hybridized carbons (Fsp3) is 0.679. The van der Waals surface area contributed by atoms with E-state index in [4.69, 9.17) is 19.3 Å². The van der Waals surface area contributed by atoms with Crippen LogP contribution < -0.4 is 4.74 Å². The number of ketones is 2. The van der Waals surface area contributed by atoms with Gasteiger partial charge in [-0.3, -0.25) is 14.4 Å². The van der Waals surface area contributed by atoms with E-state index in [-0.39, 0.29) is 60.3 Å². The summed E-state index contributed by atoms with van der Waals surface area (Å²) < 4.78 is 27.3. The van der Waals surface area contributed by atoms with Crippen LogP contribution in [0.25, 0.3) is 0 Å². The van der Waals surface area contributed by atoms with Gasteiger partial charge in [-0.1, -0.05) is 68.2 Å². The number of carbonyl (C=O) groups is 3. The second-order valence-corrected chi connectivity index (χ2v) is 21.8.